The molecule has 2 N–H and O–H groups in total. The molecule has 1 aromatic heterocycles. The third-order valence-corrected chi connectivity index (χ3v) is 5.46. The van der Waals surface area contributed by atoms with E-state index in [1.807, 2.05) is 34.9 Å². The van der Waals surface area contributed by atoms with Gasteiger partial charge < -0.3 is 5.32 Å². The Bertz CT molecular complexity index is 1080. The van der Waals surface area contributed by atoms with Gasteiger partial charge in [-0.05, 0) is 54.9 Å². The third kappa shape index (κ3) is 4.04. The normalized spacial score (nSPS) is 13.8. The highest BCUT2D eigenvalue weighted by molar-refractivity contribution is 7.71. The van der Waals surface area contributed by atoms with Crippen molar-refractivity contribution in [2.24, 2.45) is 0 Å². The van der Waals surface area contributed by atoms with Gasteiger partial charge in [0.1, 0.15) is 5.82 Å². The molecule has 0 saturated heterocycles. The van der Waals surface area contributed by atoms with E-state index in [1.165, 1.54) is 5.56 Å². The molecule has 0 saturated carbocycles. The van der Waals surface area contributed by atoms with E-state index in [0.717, 1.165) is 30.9 Å². The summed E-state index contributed by atoms with van der Waals surface area (Å²) >= 11 is 11.4. The lowest BCUT2D eigenvalue weighted by atomic mass is 10.1. The topological polar surface area (TPSA) is 53.1 Å². The van der Waals surface area contributed by atoms with Gasteiger partial charge >= 0.3 is 0 Å². The zero-order chi connectivity index (χ0) is 19.5. The van der Waals surface area contributed by atoms with Crippen molar-refractivity contribution in [1.82, 2.24) is 14.5 Å². The summed E-state index contributed by atoms with van der Waals surface area (Å²) in [6.45, 7) is 2.18. The van der Waals surface area contributed by atoms with Crippen molar-refractivity contribution in [3.8, 4) is 5.69 Å². The molecule has 2 heterocycles. The second-order valence-electron chi connectivity index (χ2n) is 6.87. The van der Waals surface area contributed by atoms with Crippen LogP contribution in [0.1, 0.15) is 17.5 Å². The monoisotopic (exact) mass is 412 g/mol. The van der Waals surface area contributed by atoms with Crippen LogP contribution in [-0.4, -0.2) is 27.7 Å². The predicted octanol–water partition coefficient (Wildman–Crippen LogP) is 4.37. The fourth-order valence-electron chi connectivity index (χ4n) is 3.52. The summed E-state index contributed by atoms with van der Waals surface area (Å²) in [5.74, 6) is 0.760. The van der Waals surface area contributed by atoms with Gasteiger partial charge in [0, 0.05) is 23.8 Å². The fraction of sp³-hybridized carbons (Fsp3) is 0.238. The standard InChI is InChI=1S/C21H21ClN4OS/c22-16-8-10-17(11-9-16)26-19-18(20(27)24-21(26)28)13-25(14-23-19)12-4-7-15-5-2-1-3-6-15/h1-3,5-6,8-11,23H,4,7,12-14H2,(H,24,27,28). The number of nitrogens with one attached hydrogen (secondary N) is 2. The molecule has 0 aliphatic carbocycles. The summed E-state index contributed by atoms with van der Waals surface area (Å²) in [5.41, 5.74) is 2.77. The van der Waals surface area contributed by atoms with E-state index in [0.29, 0.717) is 28.6 Å². The molecular formula is C21H21ClN4OS. The second kappa shape index (κ2) is 8.31. The lowest BCUT2D eigenvalue weighted by molar-refractivity contribution is 0.269. The lowest BCUT2D eigenvalue weighted by Gasteiger charge is -2.31. The Balaban J connectivity index is 1.54. The minimum absolute atomic E-state index is 0.134. The SMILES string of the molecule is O=c1[nH]c(=S)n(-c2ccc(Cl)cc2)c2c1CN(CCCc1ccccc1)CN2. The Kier molecular flexibility index (Phi) is 5.62. The molecule has 0 amide bonds. The molecule has 1 aliphatic rings. The van der Waals surface area contributed by atoms with Gasteiger partial charge in [-0.2, -0.15) is 0 Å². The van der Waals surface area contributed by atoms with Gasteiger partial charge in [-0.15, -0.1) is 0 Å². The minimum atomic E-state index is -0.134. The van der Waals surface area contributed by atoms with Crippen LogP contribution >= 0.6 is 23.8 Å². The van der Waals surface area contributed by atoms with Crippen LogP contribution in [0.5, 0.6) is 0 Å². The Morgan fingerprint density at radius 1 is 1.07 bits per heavy atom. The largest absolute Gasteiger partial charge is 0.358 e. The first-order valence-corrected chi connectivity index (χ1v) is 10.0. The van der Waals surface area contributed by atoms with Crippen molar-refractivity contribution in [1.29, 1.82) is 0 Å². The number of rotatable bonds is 5. The first kappa shape index (κ1) is 18.9. The summed E-state index contributed by atoms with van der Waals surface area (Å²) in [7, 11) is 0. The van der Waals surface area contributed by atoms with Crippen molar-refractivity contribution < 1.29 is 0 Å². The van der Waals surface area contributed by atoms with E-state index in [9.17, 15) is 4.79 Å². The molecule has 2 aromatic carbocycles. The van der Waals surface area contributed by atoms with Gasteiger partial charge in [-0.1, -0.05) is 41.9 Å². The van der Waals surface area contributed by atoms with Crippen LogP contribution in [0.2, 0.25) is 5.02 Å². The number of H-pyrrole nitrogens is 1. The van der Waals surface area contributed by atoms with Crippen molar-refractivity contribution in [3.05, 3.63) is 85.9 Å². The molecule has 0 radical (unpaired) electrons. The summed E-state index contributed by atoms with van der Waals surface area (Å²) in [6, 6.07) is 17.9. The number of anilines is 1. The number of aromatic amines is 1. The highest BCUT2D eigenvalue weighted by atomic mass is 35.5. The minimum Gasteiger partial charge on any atom is -0.358 e. The van der Waals surface area contributed by atoms with Crippen LogP contribution in [-0.2, 0) is 13.0 Å². The summed E-state index contributed by atoms with van der Waals surface area (Å²) in [6.07, 6.45) is 2.06. The van der Waals surface area contributed by atoms with Crippen molar-refractivity contribution in [3.63, 3.8) is 0 Å². The highest BCUT2D eigenvalue weighted by Crippen LogP contribution is 2.24. The van der Waals surface area contributed by atoms with Crippen LogP contribution in [0.15, 0.2) is 59.4 Å². The summed E-state index contributed by atoms with van der Waals surface area (Å²) in [4.78, 5) is 17.6. The van der Waals surface area contributed by atoms with Crippen molar-refractivity contribution in [2.75, 3.05) is 18.5 Å². The van der Waals surface area contributed by atoms with E-state index < -0.39 is 0 Å². The zero-order valence-corrected chi connectivity index (χ0v) is 16.9. The highest BCUT2D eigenvalue weighted by Gasteiger charge is 2.22. The Hall–Kier alpha value is -2.41. The van der Waals surface area contributed by atoms with Gasteiger partial charge in [-0.25, -0.2) is 0 Å². The first-order valence-electron chi connectivity index (χ1n) is 9.26. The maximum Gasteiger partial charge on any atom is 0.258 e. The molecule has 4 rings (SSSR count). The van der Waals surface area contributed by atoms with E-state index in [2.05, 4.69) is 39.5 Å². The Morgan fingerprint density at radius 3 is 2.57 bits per heavy atom. The molecule has 7 heteroatoms. The van der Waals surface area contributed by atoms with Crippen LogP contribution < -0.4 is 10.9 Å². The smallest absolute Gasteiger partial charge is 0.258 e. The molecule has 3 aromatic rings. The average Bonchev–Trinajstić information content (AvgIpc) is 2.70. The number of benzene rings is 2. The number of hydrogen-bond acceptors (Lipinski definition) is 4. The second-order valence-corrected chi connectivity index (χ2v) is 7.70. The zero-order valence-electron chi connectivity index (χ0n) is 15.3. The first-order chi connectivity index (χ1) is 13.6. The van der Waals surface area contributed by atoms with E-state index in [-0.39, 0.29) is 5.56 Å². The quantitative estimate of drug-likeness (QED) is 0.611. The number of aromatic nitrogens is 2. The molecule has 0 spiro atoms. The van der Waals surface area contributed by atoms with E-state index >= 15 is 0 Å². The number of fused-ring (bicyclic) bond motifs is 1. The van der Waals surface area contributed by atoms with E-state index in [4.69, 9.17) is 23.8 Å². The predicted molar refractivity (Wildman–Crippen MR) is 116 cm³/mol. The molecule has 0 fully saturated rings. The lowest BCUT2D eigenvalue weighted by Crippen LogP contribution is -2.39. The Morgan fingerprint density at radius 2 is 1.82 bits per heavy atom. The Labute approximate surface area is 173 Å². The maximum atomic E-state index is 12.5. The fourth-order valence-corrected chi connectivity index (χ4v) is 3.93. The molecule has 1 aliphatic heterocycles. The van der Waals surface area contributed by atoms with Crippen LogP contribution in [0.25, 0.3) is 5.69 Å². The molecule has 0 bridgehead atoms. The van der Waals surface area contributed by atoms with Gasteiger partial charge in [0.2, 0.25) is 0 Å². The molecule has 0 atom stereocenters. The maximum absolute atomic E-state index is 12.5. The molecule has 5 nitrogen and oxygen atoms in total. The van der Waals surface area contributed by atoms with Crippen LogP contribution in [0.4, 0.5) is 5.82 Å². The number of hydrogen-bond donors (Lipinski definition) is 2. The van der Waals surface area contributed by atoms with Crippen molar-refractivity contribution in [2.45, 2.75) is 19.4 Å². The molecule has 0 unspecified atom stereocenters. The molecule has 28 heavy (non-hydrogen) atoms. The molecular weight excluding hydrogens is 392 g/mol. The third-order valence-electron chi connectivity index (χ3n) is 4.93. The van der Waals surface area contributed by atoms with Gasteiger partial charge in [-0.3, -0.25) is 19.2 Å². The summed E-state index contributed by atoms with van der Waals surface area (Å²) < 4.78 is 2.24. The average molecular weight is 413 g/mol. The van der Waals surface area contributed by atoms with Crippen LogP contribution in [0, 0.1) is 4.77 Å². The van der Waals surface area contributed by atoms with E-state index in [1.54, 1.807) is 0 Å². The van der Waals surface area contributed by atoms with Crippen LogP contribution in [0.3, 0.4) is 0 Å². The van der Waals surface area contributed by atoms with Gasteiger partial charge in [0.25, 0.3) is 5.56 Å². The number of halogens is 1. The van der Waals surface area contributed by atoms with Gasteiger partial charge in [0.05, 0.1) is 12.2 Å². The summed E-state index contributed by atoms with van der Waals surface area (Å²) in [5, 5.41) is 4.05. The van der Waals surface area contributed by atoms with Crippen molar-refractivity contribution >= 4 is 29.6 Å². The number of nitrogens with zero attached hydrogens (tertiary/aromatic N) is 2. The van der Waals surface area contributed by atoms with Gasteiger partial charge in [0.15, 0.2) is 4.77 Å². The number of aryl methyl sites for hydroxylation is 1. The molecule has 144 valence electrons.